The van der Waals surface area contributed by atoms with Crippen LogP contribution in [0.3, 0.4) is 0 Å². The average molecular weight is 342 g/mol. The van der Waals surface area contributed by atoms with Gasteiger partial charge in [0.1, 0.15) is 11.6 Å². The fourth-order valence-electron chi connectivity index (χ4n) is 3.16. The number of piperidine rings is 1. The molecule has 1 aromatic carbocycles. The van der Waals surface area contributed by atoms with Gasteiger partial charge in [0.2, 0.25) is 12.4 Å². The summed E-state index contributed by atoms with van der Waals surface area (Å²) in [5.41, 5.74) is -1.25. The van der Waals surface area contributed by atoms with E-state index >= 15 is 0 Å². The van der Waals surface area contributed by atoms with Crippen molar-refractivity contribution in [3.05, 3.63) is 42.6 Å². The summed E-state index contributed by atoms with van der Waals surface area (Å²) in [4.78, 5) is 18.3. The Balaban J connectivity index is 1.51. The molecule has 0 amide bonds. The summed E-state index contributed by atoms with van der Waals surface area (Å²) in [7, 11) is 0. The van der Waals surface area contributed by atoms with Crippen molar-refractivity contribution in [1.82, 2.24) is 4.98 Å². The number of anilines is 1. The Morgan fingerprint density at radius 2 is 1.96 bits per heavy atom. The van der Waals surface area contributed by atoms with Gasteiger partial charge in [0.05, 0.1) is 0 Å². The number of hydrogen-bond acceptors (Lipinski definition) is 6. The van der Waals surface area contributed by atoms with Crippen LogP contribution in [0.5, 0.6) is 17.2 Å². The number of carboxylic acid groups (broad SMARTS) is 1. The van der Waals surface area contributed by atoms with Crippen LogP contribution in [0.2, 0.25) is 0 Å². The molecule has 0 atom stereocenters. The van der Waals surface area contributed by atoms with E-state index in [1.165, 1.54) is 0 Å². The maximum absolute atomic E-state index is 11.9. The molecule has 7 heteroatoms. The summed E-state index contributed by atoms with van der Waals surface area (Å²) in [5.74, 6) is 1.58. The van der Waals surface area contributed by atoms with Crippen LogP contribution < -0.4 is 19.1 Å². The molecule has 1 saturated heterocycles. The van der Waals surface area contributed by atoms with E-state index in [0.29, 0.717) is 43.2 Å². The van der Waals surface area contributed by atoms with E-state index in [1.807, 2.05) is 18.2 Å². The Labute approximate surface area is 144 Å². The largest absolute Gasteiger partial charge is 0.478 e. The first-order valence-electron chi connectivity index (χ1n) is 8.14. The predicted molar refractivity (Wildman–Crippen MR) is 89.2 cm³/mol. The lowest BCUT2D eigenvalue weighted by molar-refractivity contribution is -0.157. The zero-order valence-electron chi connectivity index (χ0n) is 13.6. The summed E-state index contributed by atoms with van der Waals surface area (Å²) in [6.45, 7) is 1.30. The second kappa shape index (κ2) is 6.16. The van der Waals surface area contributed by atoms with Gasteiger partial charge in [-0.3, -0.25) is 0 Å². The zero-order valence-corrected chi connectivity index (χ0v) is 13.6. The number of ether oxygens (including phenoxy) is 3. The number of fused-ring (bicyclic) bond motifs is 1. The molecule has 1 fully saturated rings. The fraction of sp³-hybridized carbons (Fsp3) is 0.333. The maximum Gasteiger partial charge on any atom is 0.348 e. The van der Waals surface area contributed by atoms with Crippen molar-refractivity contribution in [2.75, 3.05) is 24.8 Å². The van der Waals surface area contributed by atoms with E-state index in [4.69, 9.17) is 14.2 Å². The molecule has 2 aromatic rings. The van der Waals surface area contributed by atoms with Gasteiger partial charge in [0.25, 0.3) is 0 Å². The number of nitrogens with zero attached hydrogens (tertiary/aromatic N) is 2. The molecule has 2 aliphatic rings. The van der Waals surface area contributed by atoms with Crippen LogP contribution in [0.1, 0.15) is 12.8 Å². The summed E-state index contributed by atoms with van der Waals surface area (Å²) < 4.78 is 16.5. The van der Waals surface area contributed by atoms with E-state index in [9.17, 15) is 9.90 Å². The summed E-state index contributed by atoms with van der Waals surface area (Å²) >= 11 is 0. The van der Waals surface area contributed by atoms with Gasteiger partial charge in [-0.25, -0.2) is 9.78 Å². The van der Waals surface area contributed by atoms with Crippen LogP contribution in [0, 0.1) is 0 Å². The van der Waals surface area contributed by atoms with Gasteiger partial charge in [-0.15, -0.1) is 0 Å². The Bertz CT molecular complexity index is 772. The monoisotopic (exact) mass is 342 g/mol. The lowest BCUT2D eigenvalue weighted by atomic mass is 9.91. The molecule has 0 unspecified atom stereocenters. The molecule has 0 bridgehead atoms. The van der Waals surface area contributed by atoms with Crippen LogP contribution in [-0.2, 0) is 4.79 Å². The maximum atomic E-state index is 11.9. The predicted octanol–water partition coefficient (Wildman–Crippen LogP) is 2.31. The topological polar surface area (TPSA) is 81.1 Å². The molecule has 1 N–H and O–H groups in total. The average Bonchev–Trinajstić information content (AvgIpc) is 3.11. The van der Waals surface area contributed by atoms with Crippen molar-refractivity contribution in [2.24, 2.45) is 0 Å². The fourth-order valence-corrected chi connectivity index (χ4v) is 3.16. The van der Waals surface area contributed by atoms with Crippen molar-refractivity contribution in [3.8, 4) is 17.2 Å². The van der Waals surface area contributed by atoms with E-state index < -0.39 is 11.6 Å². The molecule has 0 spiro atoms. The highest BCUT2D eigenvalue weighted by molar-refractivity contribution is 5.78. The highest BCUT2D eigenvalue weighted by Gasteiger charge is 2.44. The number of aromatic nitrogens is 1. The molecule has 4 rings (SSSR count). The van der Waals surface area contributed by atoms with E-state index in [1.54, 1.807) is 24.4 Å². The van der Waals surface area contributed by atoms with Gasteiger partial charge < -0.3 is 24.2 Å². The minimum Gasteiger partial charge on any atom is -0.478 e. The third kappa shape index (κ3) is 2.93. The molecule has 25 heavy (non-hydrogen) atoms. The molecule has 1 aromatic heterocycles. The van der Waals surface area contributed by atoms with Gasteiger partial charge in [-0.2, -0.15) is 0 Å². The number of pyridine rings is 1. The standard InChI is InChI=1S/C18H18N2O5/c21-17(22)18(25-13-4-5-14-15(11-13)24-12-23-14)6-9-20(10-7-18)16-3-1-2-8-19-16/h1-5,8,11H,6-7,9-10,12H2,(H,21,22). The molecule has 3 heterocycles. The molecule has 0 aliphatic carbocycles. The Hall–Kier alpha value is -2.96. The van der Waals surface area contributed by atoms with Crippen LogP contribution in [-0.4, -0.2) is 41.5 Å². The molecular formula is C18H18N2O5. The van der Waals surface area contributed by atoms with Gasteiger partial charge in [-0.05, 0) is 24.3 Å². The third-order valence-corrected chi connectivity index (χ3v) is 4.59. The Kier molecular flexibility index (Phi) is 3.83. The van der Waals surface area contributed by atoms with E-state index in [-0.39, 0.29) is 6.79 Å². The van der Waals surface area contributed by atoms with Crippen LogP contribution in [0.15, 0.2) is 42.6 Å². The minimum atomic E-state index is -1.25. The quantitative estimate of drug-likeness (QED) is 0.913. The first-order chi connectivity index (χ1) is 12.2. The first-order valence-corrected chi connectivity index (χ1v) is 8.14. The number of benzene rings is 1. The minimum absolute atomic E-state index is 0.169. The summed E-state index contributed by atoms with van der Waals surface area (Å²) in [5, 5.41) is 9.79. The Morgan fingerprint density at radius 1 is 1.16 bits per heavy atom. The van der Waals surface area contributed by atoms with Gasteiger partial charge in [0.15, 0.2) is 11.5 Å². The molecule has 0 saturated carbocycles. The molecule has 2 aliphatic heterocycles. The van der Waals surface area contributed by atoms with Crippen LogP contribution in [0.25, 0.3) is 0 Å². The molecule has 130 valence electrons. The molecule has 0 radical (unpaired) electrons. The number of hydrogen-bond donors (Lipinski definition) is 1. The molecule has 7 nitrogen and oxygen atoms in total. The first kappa shape index (κ1) is 15.6. The molecular weight excluding hydrogens is 324 g/mol. The second-order valence-electron chi connectivity index (χ2n) is 6.09. The van der Waals surface area contributed by atoms with Crippen molar-refractivity contribution in [1.29, 1.82) is 0 Å². The summed E-state index contributed by atoms with van der Waals surface area (Å²) in [6.07, 6.45) is 2.47. The zero-order chi connectivity index (χ0) is 17.3. The van der Waals surface area contributed by atoms with Crippen LogP contribution in [0.4, 0.5) is 5.82 Å². The number of carbonyl (C=O) groups is 1. The van der Waals surface area contributed by atoms with E-state index in [0.717, 1.165) is 5.82 Å². The van der Waals surface area contributed by atoms with Crippen molar-refractivity contribution in [3.63, 3.8) is 0 Å². The van der Waals surface area contributed by atoms with Gasteiger partial charge in [0, 0.05) is 38.2 Å². The van der Waals surface area contributed by atoms with Crippen molar-refractivity contribution < 1.29 is 24.1 Å². The number of aliphatic carboxylic acids is 1. The van der Waals surface area contributed by atoms with Gasteiger partial charge >= 0.3 is 5.97 Å². The van der Waals surface area contributed by atoms with Crippen LogP contribution >= 0.6 is 0 Å². The SMILES string of the molecule is O=C(O)C1(Oc2ccc3c(c2)OCO3)CCN(c2ccccn2)CC1. The lowest BCUT2D eigenvalue weighted by Gasteiger charge is -2.39. The smallest absolute Gasteiger partial charge is 0.348 e. The van der Waals surface area contributed by atoms with Gasteiger partial charge in [-0.1, -0.05) is 6.07 Å². The Morgan fingerprint density at radius 3 is 2.68 bits per heavy atom. The van der Waals surface area contributed by atoms with E-state index in [2.05, 4.69) is 9.88 Å². The second-order valence-corrected chi connectivity index (χ2v) is 6.09. The highest BCUT2D eigenvalue weighted by Crippen LogP contribution is 2.38. The third-order valence-electron chi connectivity index (χ3n) is 4.59. The summed E-state index contributed by atoms with van der Waals surface area (Å²) in [6, 6.07) is 10.8. The number of carboxylic acids is 1. The highest BCUT2D eigenvalue weighted by atomic mass is 16.7. The van der Waals surface area contributed by atoms with Crippen molar-refractivity contribution >= 4 is 11.8 Å². The number of rotatable bonds is 4. The van der Waals surface area contributed by atoms with Crippen molar-refractivity contribution in [2.45, 2.75) is 18.4 Å². The normalized spacial score (nSPS) is 18.0. The lowest BCUT2D eigenvalue weighted by Crippen LogP contribution is -2.53.